The summed E-state index contributed by atoms with van der Waals surface area (Å²) in [6, 6.07) is 21.4. The number of carbonyl (C=O) groups is 3. The highest BCUT2D eigenvalue weighted by Crippen LogP contribution is 2.33. The molecule has 0 radical (unpaired) electrons. The van der Waals surface area contributed by atoms with Crippen LogP contribution in [0, 0.1) is 11.3 Å². The molecule has 0 saturated heterocycles. The number of ether oxygens (including phenoxy) is 1. The topological polar surface area (TPSA) is 96.3 Å². The lowest BCUT2D eigenvalue weighted by atomic mass is 10.1. The van der Waals surface area contributed by atoms with Crippen molar-refractivity contribution in [1.82, 2.24) is 0 Å². The van der Waals surface area contributed by atoms with Gasteiger partial charge in [0.25, 0.3) is 5.91 Å². The Morgan fingerprint density at radius 3 is 1.68 bits per heavy atom. The zero-order chi connectivity index (χ0) is 26.8. The number of anilines is 1. The molecule has 0 aliphatic heterocycles. The van der Waals surface area contributed by atoms with Crippen molar-refractivity contribution in [1.29, 1.82) is 5.26 Å². The number of thioether (sulfide) groups is 2. The number of hydrogen-bond donors (Lipinski definition) is 1. The van der Waals surface area contributed by atoms with Crippen LogP contribution in [0.3, 0.4) is 0 Å². The van der Waals surface area contributed by atoms with Gasteiger partial charge in [-0.25, -0.2) is 0 Å². The molecule has 3 aromatic carbocycles. The zero-order valence-electron chi connectivity index (χ0n) is 19.5. The maximum atomic E-state index is 13.0. The fourth-order valence-corrected chi connectivity index (χ4v) is 5.31. The Labute approximate surface area is 233 Å². The van der Waals surface area contributed by atoms with Gasteiger partial charge in [-0.1, -0.05) is 23.2 Å². The summed E-state index contributed by atoms with van der Waals surface area (Å²) in [5.74, 6) is -0.545. The highest BCUT2D eigenvalue weighted by Gasteiger charge is 2.20. The molecule has 6 nitrogen and oxygen atoms in total. The molecule has 0 saturated carbocycles. The van der Waals surface area contributed by atoms with Crippen LogP contribution in [0.1, 0.15) is 20.7 Å². The van der Waals surface area contributed by atoms with Gasteiger partial charge in [-0.3, -0.25) is 14.4 Å². The second-order valence-corrected chi connectivity index (χ2v) is 10.5. The molecule has 0 aliphatic carbocycles. The van der Waals surface area contributed by atoms with Gasteiger partial charge in [-0.2, -0.15) is 5.26 Å². The minimum absolute atomic E-state index is 0.0416. The van der Waals surface area contributed by atoms with Gasteiger partial charge in [0, 0.05) is 26.9 Å². The predicted octanol–water partition coefficient (Wildman–Crippen LogP) is 6.91. The van der Waals surface area contributed by atoms with Crippen molar-refractivity contribution in [2.24, 2.45) is 0 Å². The highest BCUT2D eigenvalue weighted by atomic mass is 35.5. The van der Waals surface area contributed by atoms with E-state index in [1.165, 1.54) is 7.11 Å². The second kappa shape index (κ2) is 13.9. The molecule has 0 aliphatic rings. The van der Waals surface area contributed by atoms with Crippen LogP contribution in [0.15, 0.2) is 82.6 Å². The summed E-state index contributed by atoms with van der Waals surface area (Å²) in [4.78, 5) is 38.4. The van der Waals surface area contributed by atoms with Gasteiger partial charge in [-0.05, 0) is 72.8 Å². The fourth-order valence-electron chi connectivity index (χ4n) is 2.94. The predicted molar refractivity (Wildman–Crippen MR) is 151 cm³/mol. The average molecular weight is 572 g/mol. The second-order valence-electron chi connectivity index (χ2n) is 7.39. The molecule has 188 valence electrons. The lowest BCUT2D eigenvalue weighted by molar-refractivity contribution is -0.112. The number of ketones is 2. The Balaban J connectivity index is 1.81. The van der Waals surface area contributed by atoms with Crippen molar-refractivity contribution in [2.75, 3.05) is 23.9 Å². The summed E-state index contributed by atoms with van der Waals surface area (Å²) in [5, 5.41) is 13.5. The summed E-state index contributed by atoms with van der Waals surface area (Å²) >= 11 is 13.9. The van der Waals surface area contributed by atoms with Gasteiger partial charge in [-0.15, -0.1) is 23.5 Å². The van der Waals surface area contributed by atoms with E-state index in [2.05, 4.69) is 5.32 Å². The molecule has 1 amide bonds. The molecule has 0 fully saturated rings. The Morgan fingerprint density at radius 2 is 1.27 bits per heavy atom. The number of methoxy groups -OCH3 is 1. The molecule has 37 heavy (non-hydrogen) atoms. The van der Waals surface area contributed by atoms with Gasteiger partial charge in [0.2, 0.25) is 0 Å². The van der Waals surface area contributed by atoms with Gasteiger partial charge >= 0.3 is 0 Å². The molecule has 3 aromatic rings. The van der Waals surface area contributed by atoms with E-state index in [9.17, 15) is 19.6 Å². The van der Waals surface area contributed by atoms with Crippen molar-refractivity contribution < 1.29 is 19.1 Å². The minimum Gasteiger partial charge on any atom is -0.497 e. The molecule has 3 rings (SSSR count). The average Bonchev–Trinajstić information content (AvgIpc) is 2.91. The van der Waals surface area contributed by atoms with Crippen LogP contribution in [0.5, 0.6) is 5.75 Å². The van der Waals surface area contributed by atoms with Crippen LogP contribution < -0.4 is 10.1 Å². The third-order valence-electron chi connectivity index (χ3n) is 4.89. The van der Waals surface area contributed by atoms with E-state index >= 15 is 0 Å². The first-order chi connectivity index (χ1) is 17.8. The smallest absolute Gasteiger partial charge is 0.268 e. The lowest BCUT2D eigenvalue weighted by Gasteiger charge is -2.11. The first-order valence-electron chi connectivity index (χ1n) is 10.7. The van der Waals surface area contributed by atoms with Gasteiger partial charge in [0.1, 0.15) is 17.4 Å². The number of nitrogens with one attached hydrogen (secondary N) is 1. The van der Waals surface area contributed by atoms with Crippen molar-refractivity contribution in [3.63, 3.8) is 0 Å². The van der Waals surface area contributed by atoms with Crippen LogP contribution >= 0.6 is 46.7 Å². The van der Waals surface area contributed by atoms with Crippen molar-refractivity contribution in [3.05, 3.63) is 104 Å². The third kappa shape index (κ3) is 8.41. The molecule has 0 atom stereocenters. The SMILES string of the molecule is COc1ccc(NC(=O)C(C#N)=C(SCC(=O)c2ccc(Cl)cc2)SCC(=O)c2ccc(Cl)cc2)cc1. The Bertz CT molecular complexity index is 1290. The summed E-state index contributed by atoms with van der Waals surface area (Å²) in [6.45, 7) is 0. The normalized spacial score (nSPS) is 10.2. The van der Waals surface area contributed by atoms with Crippen LogP contribution in [-0.2, 0) is 4.79 Å². The number of hydrogen-bond acceptors (Lipinski definition) is 7. The van der Waals surface area contributed by atoms with E-state index in [0.717, 1.165) is 23.5 Å². The van der Waals surface area contributed by atoms with E-state index in [1.807, 2.05) is 6.07 Å². The highest BCUT2D eigenvalue weighted by molar-refractivity contribution is 8.22. The molecule has 10 heteroatoms. The molecule has 0 heterocycles. The maximum absolute atomic E-state index is 13.0. The van der Waals surface area contributed by atoms with Crippen molar-refractivity contribution in [2.45, 2.75) is 0 Å². The Morgan fingerprint density at radius 1 is 0.811 bits per heavy atom. The molecule has 0 aromatic heterocycles. The number of carbonyl (C=O) groups excluding carboxylic acids is 3. The summed E-state index contributed by atoms with van der Waals surface area (Å²) in [6.07, 6.45) is 0. The fraction of sp³-hybridized carbons (Fsp3) is 0.111. The van der Waals surface area contributed by atoms with Crippen molar-refractivity contribution >= 4 is 69.9 Å². The number of Topliss-reactive ketones (excluding diaryl/α,β-unsaturated/α-hetero) is 2. The van der Waals surface area contributed by atoms with Gasteiger partial charge in [0.05, 0.1) is 22.9 Å². The quantitative estimate of drug-likeness (QED) is 0.152. The first kappa shape index (κ1) is 28.4. The molecular weight excluding hydrogens is 551 g/mol. The van der Waals surface area contributed by atoms with E-state index in [0.29, 0.717) is 32.6 Å². The molecule has 1 N–H and O–H groups in total. The molecule has 0 spiro atoms. The molecular formula is C27H20Cl2N2O4S2. The zero-order valence-corrected chi connectivity index (χ0v) is 22.6. The number of amides is 1. The monoisotopic (exact) mass is 570 g/mol. The first-order valence-corrected chi connectivity index (χ1v) is 13.5. The lowest BCUT2D eigenvalue weighted by Crippen LogP contribution is -2.15. The molecule has 0 unspecified atom stereocenters. The van der Waals surface area contributed by atoms with E-state index in [4.69, 9.17) is 27.9 Å². The number of halogens is 2. The van der Waals surface area contributed by atoms with Crippen LogP contribution in [0.25, 0.3) is 0 Å². The Hall–Kier alpha value is -3.22. The summed E-state index contributed by atoms with van der Waals surface area (Å²) < 4.78 is 5.38. The van der Waals surface area contributed by atoms with E-state index < -0.39 is 5.91 Å². The van der Waals surface area contributed by atoms with Gasteiger partial charge in [0.15, 0.2) is 11.6 Å². The van der Waals surface area contributed by atoms with Gasteiger partial charge < -0.3 is 10.1 Å². The third-order valence-corrected chi connectivity index (χ3v) is 7.85. The standard InChI is InChI=1S/C27H20Cl2N2O4S2/c1-35-22-12-10-21(11-13-22)31-26(34)23(14-30)27(36-15-24(32)17-2-6-19(28)7-3-17)37-16-25(33)18-4-8-20(29)9-5-18/h2-13H,15-16H2,1H3,(H,31,34). The Kier molecular flexibility index (Phi) is 10.7. The van der Waals surface area contributed by atoms with Crippen LogP contribution in [-0.4, -0.2) is 36.1 Å². The van der Waals surface area contributed by atoms with Crippen LogP contribution in [0.4, 0.5) is 5.69 Å². The number of nitriles is 1. The number of nitrogens with zero attached hydrogens (tertiary/aromatic N) is 1. The van der Waals surface area contributed by atoms with E-state index in [1.54, 1.807) is 72.8 Å². The largest absolute Gasteiger partial charge is 0.497 e. The van der Waals surface area contributed by atoms with Crippen molar-refractivity contribution in [3.8, 4) is 11.8 Å². The number of rotatable bonds is 11. The molecule has 0 bridgehead atoms. The summed E-state index contributed by atoms with van der Waals surface area (Å²) in [5.41, 5.74) is 1.15. The summed E-state index contributed by atoms with van der Waals surface area (Å²) in [7, 11) is 1.53. The number of benzene rings is 3. The maximum Gasteiger partial charge on any atom is 0.268 e. The van der Waals surface area contributed by atoms with E-state index in [-0.39, 0.29) is 32.9 Å². The van der Waals surface area contributed by atoms with Crippen LogP contribution in [0.2, 0.25) is 10.0 Å². The minimum atomic E-state index is -0.652.